The van der Waals surface area contributed by atoms with E-state index in [2.05, 4.69) is 37.2 Å². The summed E-state index contributed by atoms with van der Waals surface area (Å²) in [5.74, 6) is 1.30. The van der Waals surface area contributed by atoms with E-state index >= 15 is 0 Å². The zero-order chi connectivity index (χ0) is 14.3. The molecule has 0 amide bonds. The summed E-state index contributed by atoms with van der Waals surface area (Å²) in [7, 11) is 0. The van der Waals surface area contributed by atoms with Crippen LogP contribution in [0, 0.1) is 19.3 Å². The molecule has 1 aromatic rings. The Hall–Kier alpha value is -0.790. The first-order chi connectivity index (χ1) is 8.49. The summed E-state index contributed by atoms with van der Waals surface area (Å²) < 4.78 is 2.42. The van der Waals surface area contributed by atoms with Gasteiger partial charge in [0, 0.05) is 18.7 Å². The van der Waals surface area contributed by atoms with E-state index in [4.69, 9.17) is 0 Å². The Morgan fingerprint density at radius 3 is 2.17 bits per heavy atom. The Morgan fingerprint density at radius 1 is 1.06 bits per heavy atom. The lowest BCUT2D eigenvalue weighted by molar-refractivity contribution is 0.287. The van der Waals surface area contributed by atoms with Gasteiger partial charge in [0.2, 0.25) is 0 Å². The molecule has 0 spiro atoms. The average molecular weight is 252 g/mol. The SMILES string of the molecule is CC.CC.Cc1nc2n(c1C)CC(C)(C)CCC2. The normalized spacial score (nSPS) is 16.4. The highest BCUT2D eigenvalue weighted by Gasteiger charge is 2.25. The minimum absolute atomic E-state index is 0.434. The molecule has 2 heteroatoms. The van der Waals surface area contributed by atoms with Gasteiger partial charge < -0.3 is 4.57 Å². The molecule has 1 aliphatic rings. The van der Waals surface area contributed by atoms with Crippen LogP contribution in [0.5, 0.6) is 0 Å². The number of aromatic nitrogens is 2. The molecule has 106 valence electrons. The molecule has 0 aromatic carbocycles. The van der Waals surface area contributed by atoms with Crippen LogP contribution in [0.15, 0.2) is 0 Å². The number of hydrogen-bond acceptors (Lipinski definition) is 1. The molecule has 1 aliphatic heterocycles. The third-order valence-corrected chi connectivity index (χ3v) is 3.38. The van der Waals surface area contributed by atoms with Gasteiger partial charge in [0.25, 0.3) is 0 Å². The molecule has 0 aliphatic carbocycles. The third-order valence-electron chi connectivity index (χ3n) is 3.38. The number of rotatable bonds is 0. The molecule has 0 atom stereocenters. The molecule has 18 heavy (non-hydrogen) atoms. The van der Waals surface area contributed by atoms with E-state index in [-0.39, 0.29) is 0 Å². The van der Waals surface area contributed by atoms with Gasteiger partial charge >= 0.3 is 0 Å². The first kappa shape index (κ1) is 17.2. The van der Waals surface area contributed by atoms with Crippen LogP contribution in [0.1, 0.15) is 71.6 Å². The lowest BCUT2D eigenvalue weighted by atomic mass is 9.88. The van der Waals surface area contributed by atoms with E-state index in [1.807, 2.05) is 27.7 Å². The summed E-state index contributed by atoms with van der Waals surface area (Å²) in [6.45, 7) is 18.2. The number of nitrogens with zero attached hydrogens (tertiary/aromatic N) is 2. The number of fused-ring (bicyclic) bond motifs is 1. The largest absolute Gasteiger partial charge is 0.332 e. The van der Waals surface area contributed by atoms with Gasteiger partial charge in [-0.15, -0.1) is 0 Å². The molecule has 2 rings (SSSR count). The van der Waals surface area contributed by atoms with Crippen LogP contribution in [-0.4, -0.2) is 9.55 Å². The molecule has 0 fully saturated rings. The second kappa shape index (κ2) is 7.60. The summed E-state index contributed by atoms with van der Waals surface area (Å²) in [5.41, 5.74) is 3.00. The quantitative estimate of drug-likeness (QED) is 0.641. The van der Waals surface area contributed by atoms with Gasteiger partial charge in [0.1, 0.15) is 5.82 Å². The number of aryl methyl sites for hydroxylation is 2. The fourth-order valence-electron chi connectivity index (χ4n) is 2.36. The summed E-state index contributed by atoms with van der Waals surface area (Å²) in [5, 5.41) is 0. The Kier molecular flexibility index (Phi) is 7.27. The van der Waals surface area contributed by atoms with Crippen molar-refractivity contribution in [2.24, 2.45) is 5.41 Å². The minimum Gasteiger partial charge on any atom is -0.332 e. The van der Waals surface area contributed by atoms with Crippen LogP contribution < -0.4 is 0 Å². The van der Waals surface area contributed by atoms with Gasteiger partial charge in [-0.3, -0.25) is 0 Å². The van der Waals surface area contributed by atoms with Crippen LogP contribution in [0.25, 0.3) is 0 Å². The van der Waals surface area contributed by atoms with Gasteiger partial charge in [0.05, 0.1) is 5.69 Å². The summed E-state index contributed by atoms with van der Waals surface area (Å²) in [4.78, 5) is 4.64. The van der Waals surface area contributed by atoms with Crippen molar-refractivity contribution in [2.45, 2.75) is 81.2 Å². The van der Waals surface area contributed by atoms with Crippen molar-refractivity contribution in [3.05, 3.63) is 17.2 Å². The van der Waals surface area contributed by atoms with Crippen LogP contribution in [-0.2, 0) is 13.0 Å². The Labute approximate surface area is 114 Å². The Morgan fingerprint density at radius 2 is 1.61 bits per heavy atom. The summed E-state index contributed by atoms with van der Waals surface area (Å²) >= 11 is 0. The number of hydrogen-bond donors (Lipinski definition) is 0. The molecule has 0 saturated heterocycles. The van der Waals surface area contributed by atoms with Crippen LogP contribution in [0.2, 0.25) is 0 Å². The monoisotopic (exact) mass is 252 g/mol. The van der Waals surface area contributed by atoms with Crippen molar-refractivity contribution < 1.29 is 0 Å². The van der Waals surface area contributed by atoms with Gasteiger partial charge in [0.15, 0.2) is 0 Å². The van der Waals surface area contributed by atoms with E-state index < -0.39 is 0 Å². The maximum Gasteiger partial charge on any atom is 0.109 e. The zero-order valence-corrected chi connectivity index (χ0v) is 13.7. The van der Waals surface area contributed by atoms with Gasteiger partial charge in [-0.05, 0) is 32.1 Å². The third kappa shape index (κ3) is 4.15. The van der Waals surface area contributed by atoms with E-state index in [1.165, 1.54) is 30.1 Å². The van der Waals surface area contributed by atoms with Crippen molar-refractivity contribution in [3.63, 3.8) is 0 Å². The van der Waals surface area contributed by atoms with Crippen LogP contribution >= 0.6 is 0 Å². The molecule has 2 nitrogen and oxygen atoms in total. The van der Waals surface area contributed by atoms with Crippen molar-refractivity contribution in [2.75, 3.05) is 0 Å². The lowest BCUT2D eigenvalue weighted by Crippen LogP contribution is -2.19. The molecule has 0 bridgehead atoms. The van der Waals surface area contributed by atoms with Gasteiger partial charge in [-0.1, -0.05) is 41.5 Å². The fraction of sp³-hybridized carbons (Fsp3) is 0.812. The van der Waals surface area contributed by atoms with E-state index in [9.17, 15) is 0 Å². The molecule has 0 radical (unpaired) electrons. The van der Waals surface area contributed by atoms with Crippen molar-refractivity contribution >= 4 is 0 Å². The van der Waals surface area contributed by atoms with Crippen molar-refractivity contribution in [1.29, 1.82) is 0 Å². The topological polar surface area (TPSA) is 17.8 Å². The second-order valence-electron chi connectivity index (χ2n) is 5.30. The molecule has 0 N–H and O–H groups in total. The minimum atomic E-state index is 0.434. The summed E-state index contributed by atoms with van der Waals surface area (Å²) in [6.07, 6.45) is 3.75. The maximum atomic E-state index is 4.64. The second-order valence-corrected chi connectivity index (χ2v) is 5.30. The van der Waals surface area contributed by atoms with E-state index in [0.29, 0.717) is 5.41 Å². The number of imidazole rings is 1. The zero-order valence-electron chi connectivity index (χ0n) is 13.7. The molecular formula is C16H32N2. The van der Waals surface area contributed by atoms with Crippen LogP contribution in [0.3, 0.4) is 0 Å². The Bertz CT molecular complexity index is 348. The molecule has 0 saturated carbocycles. The predicted molar refractivity (Wildman–Crippen MR) is 81.1 cm³/mol. The lowest BCUT2D eigenvalue weighted by Gasteiger charge is -2.23. The predicted octanol–water partition coefficient (Wildman–Crippen LogP) is 4.91. The highest BCUT2D eigenvalue weighted by Crippen LogP contribution is 2.30. The van der Waals surface area contributed by atoms with Gasteiger partial charge in [-0.2, -0.15) is 0 Å². The standard InChI is InChI=1S/C12H20N2.2C2H6/c1-9-10(2)14-8-12(3,4)7-5-6-11(14)13-9;2*1-2/h5-8H2,1-4H3;2*1-2H3. The maximum absolute atomic E-state index is 4.64. The highest BCUT2D eigenvalue weighted by atomic mass is 15.1. The molecule has 0 unspecified atom stereocenters. The van der Waals surface area contributed by atoms with Gasteiger partial charge in [-0.25, -0.2) is 4.98 Å². The molecular weight excluding hydrogens is 220 g/mol. The first-order valence-corrected chi connectivity index (χ1v) is 7.52. The first-order valence-electron chi connectivity index (χ1n) is 7.52. The fourth-order valence-corrected chi connectivity index (χ4v) is 2.36. The van der Waals surface area contributed by atoms with E-state index in [0.717, 1.165) is 13.0 Å². The van der Waals surface area contributed by atoms with E-state index in [1.54, 1.807) is 0 Å². The highest BCUT2D eigenvalue weighted by molar-refractivity contribution is 5.15. The smallest absolute Gasteiger partial charge is 0.109 e. The average Bonchev–Trinajstić information content (AvgIpc) is 2.54. The Balaban J connectivity index is 0.000000659. The molecule has 2 heterocycles. The molecule has 1 aromatic heterocycles. The summed E-state index contributed by atoms with van der Waals surface area (Å²) in [6, 6.07) is 0. The van der Waals surface area contributed by atoms with Crippen molar-refractivity contribution in [3.8, 4) is 0 Å². The van der Waals surface area contributed by atoms with Crippen LogP contribution in [0.4, 0.5) is 0 Å². The van der Waals surface area contributed by atoms with Crippen molar-refractivity contribution in [1.82, 2.24) is 9.55 Å².